The molecule has 0 spiro atoms. The van der Waals surface area contributed by atoms with E-state index < -0.39 is 0 Å². The molecule has 0 amide bonds. The average Bonchev–Trinajstić information content (AvgIpc) is 2.61. The van der Waals surface area contributed by atoms with Crippen molar-refractivity contribution >= 4 is 27.3 Å². The molecule has 0 nitrogen and oxygen atoms in total. The molecule has 0 aliphatic carbocycles. The molecule has 2 atom stereocenters. The van der Waals surface area contributed by atoms with E-state index in [9.17, 15) is 0 Å². The fourth-order valence-electron chi connectivity index (χ4n) is 2.52. The summed E-state index contributed by atoms with van der Waals surface area (Å²) in [5.74, 6) is 0.754. The van der Waals surface area contributed by atoms with E-state index in [1.165, 1.54) is 22.6 Å². The highest BCUT2D eigenvalue weighted by Gasteiger charge is 2.22. The molecule has 2 unspecified atom stereocenters. The lowest BCUT2D eigenvalue weighted by atomic mass is 9.83. The fraction of sp³-hybridized carbons (Fsp3) is 0.765. The molecule has 0 bridgehead atoms. The molecule has 1 heterocycles. The highest BCUT2D eigenvalue weighted by atomic mass is 79.9. The number of rotatable bonds is 4. The van der Waals surface area contributed by atoms with Gasteiger partial charge < -0.3 is 0 Å². The Balaban J connectivity index is 2.63. The quantitative estimate of drug-likeness (QED) is 0.518. The zero-order chi connectivity index (χ0) is 14.8. The van der Waals surface area contributed by atoms with Crippen LogP contribution in [0.15, 0.2) is 12.1 Å². The maximum Gasteiger partial charge on any atom is 0.0491 e. The standard InChI is InChI=1S/C17H29BrS/c1-12(11-16(2,3)4)10-13(18)14-8-9-15(19-14)17(5,6)7/h8-9,12-13H,10-11H2,1-7H3. The average molecular weight is 345 g/mol. The number of alkyl halides is 1. The van der Waals surface area contributed by atoms with Crippen LogP contribution >= 0.6 is 27.3 Å². The van der Waals surface area contributed by atoms with Crippen LogP contribution in [-0.4, -0.2) is 0 Å². The predicted molar refractivity (Wildman–Crippen MR) is 92.5 cm³/mol. The van der Waals surface area contributed by atoms with Gasteiger partial charge in [-0.3, -0.25) is 0 Å². The number of thiophene rings is 1. The van der Waals surface area contributed by atoms with Gasteiger partial charge in [0, 0.05) is 14.6 Å². The third-order valence-electron chi connectivity index (χ3n) is 3.24. The van der Waals surface area contributed by atoms with Gasteiger partial charge in [-0.2, -0.15) is 0 Å². The normalized spacial score (nSPS) is 16.4. The molecule has 0 saturated heterocycles. The van der Waals surface area contributed by atoms with Crippen LogP contribution in [-0.2, 0) is 5.41 Å². The molecular formula is C17H29BrS. The van der Waals surface area contributed by atoms with Crippen molar-refractivity contribution in [3.8, 4) is 0 Å². The lowest BCUT2D eigenvalue weighted by molar-refractivity contribution is 0.297. The summed E-state index contributed by atoms with van der Waals surface area (Å²) in [6.45, 7) is 16.2. The van der Waals surface area contributed by atoms with Crippen LogP contribution in [0.4, 0.5) is 0 Å². The first-order valence-electron chi connectivity index (χ1n) is 7.23. The van der Waals surface area contributed by atoms with Gasteiger partial charge in [0.05, 0.1) is 0 Å². The SMILES string of the molecule is CC(CC(Br)c1ccc(C(C)(C)C)s1)CC(C)(C)C. The molecule has 0 aromatic carbocycles. The highest BCUT2D eigenvalue weighted by Crippen LogP contribution is 2.40. The zero-order valence-electron chi connectivity index (χ0n) is 13.5. The van der Waals surface area contributed by atoms with E-state index in [0.717, 1.165) is 5.92 Å². The summed E-state index contributed by atoms with van der Waals surface area (Å²) in [6.07, 6.45) is 2.51. The molecule has 1 rings (SSSR count). The molecule has 0 aliphatic rings. The van der Waals surface area contributed by atoms with Crippen molar-refractivity contribution in [1.29, 1.82) is 0 Å². The number of halogens is 1. The number of hydrogen-bond acceptors (Lipinski definition) is 1. The summed E-state index contributed by atoms with van der Waals surface area (Å²) in [5, 5.41) is 0. The van der Waals surface area contributed by atoms with Crippen molar-refractivity contribution in [2.75, 3.05) is 0 Å². The molecule has 0 saturated carbocycles. The van der Waals surface area contributed by atoms with Crippen LogP contribution in [0, 0.1) is 11.3 Å². The maximum atomic E-state index is 3.88. The summed E-state index contributed by atoms with van der Waals surface area (Å²) >= 11 is 5.85. The molecule has 0 radical (unpaired) electrons. The molecule has 0 N–H and O–H groups in total. The van der Waals surface area contributed by atoms with Crippen LogP contribution in [0.25, 0.3) is 0 Å². The van der Waals surface area contributed by atoms with Gasteiger partial charge in [0.2, 0.25) is 0 Å². The molecule has 0 fully saturated rings. The van der Waals surface area contributed by atoms with E-state index in [1.807, 2.05) is 11.3 Å². The Bertz CT molecular complexity index is 392. The lowest BCUT2D eigenvalue weighted by Gasteiger charge is -2.24. The Hall–Kier alpha value is 0.180. The predicted octanol–water partition coefficient (Wildman–Crippen LogP) is 6.94. The van der Waals surface area contributed by atoms with Crippen molar-refractivity contribution < 1.29 is 0 Å². The topological polar surface area (TPSA) is 0 Å². The zero-order valence-corrected chi connectivity index (χ0v) is 15.9. The Kier molecular flexibility index (Phi) is 5.72. The van der Waals surface area contributed by atoms with Crippen molar-refractivity contribution in [2.24, 2.45) is 11.3 Å². The van der Waals surface area contributed by atoms with Gasteiger partial charge >= 0.3 is 0 Å². The first kappa shape index (κ1) is 17.2. The minimum Gasteiger partial charge on any atom is -0.144 e. The van der Waals surface area contributed by atoms with Crippen LogP contribution < -0.4 is 0 Å². The van der Waals surface area contributed by atoms with E-state index in [0.29, 0.717) is 10.2 Å². The van der Waals surface area contributed by atoms with Crippen LogP contribution in [0.2, 0.25) is 0 Å². The Morgan fingerprint density at radius 1 is 1.11 bits per heavy atom. The van der Waals surface area contributed by atoms with Gasteiger partial charge in [-0.05, 0) is 41.7 Å². The van der Waals surface area contributed by atoms with E-state index in [-0.39, 0.29) is 5.41 Å². The number of hydrogen-bond donors (Lipinski definition) is 0. The highest BCUT2D eigenvalue weighted by molar-refractivity contribution is 9.09. The first-order chi connectivity index (χ1) is 8.49. The lowest BCUT2D eigenvalue weighted by Crippen LogP contribution is -2.12. The Labute approximate surface area is 132 Å². The van der Waals surface area contributed by atoms with Gasteiger partial charge in [-0.25, -0.2) is 0 Å². The molecule has 110 valence electrons. The molecule has 2 heteroatoms. The van der Waals surface area contributed by atoms with Crippen molar-refractivity contribution in [3.05, 3.63) is 21.9 Å². The van der Waals surface area contributed by atoms with E-state index in [2.05, 4.69) is 76.5 Å². The smallest absolute Gasteiger partial charge is 0.0491 e. The molecule has 1 aromatic heterocycles. The van der Waals surface area contributed by atoms with Crippen molar-refractivity contribution in [1.82, 2.24) is 0 Å². The summed E-state index contributed by atoms with van der Waals surface area (Å²) in [7, 11) is 0. The Morgan fingerprint density at radius 3 is 2.11 bits per heavy atom. The van der Waals surface area contributed by atoms with E-state index in [4.69, 9.17) is 0 Å². The minimum atomic E-state index is 0.270. The fourth-order valence-corrected chi connectivity index (χ4v) is 4.65. The van der Waals surface area contributed by atoms with Gasteiger partial charge in [-0.1, -0.05) is 64.4 Å². The molecule has 1 aromatic rings. The molecular weight excluding hydrogens is 316 g/mol. The van der Waals surface area contributed by atoms with Crippen LogP contribution in [0.5, 0.6) is 0 Å². The van der Waals surface area contributed by atoms with E-state index >= 15 is 0 Å². The summed E-state index contributed by atoms with van der Waals surface area (Å²) < 4.78 is 0. The summed E-state index contributed by atoms with van der Waals surface area (Å²) in [4.78, 5) is 3.46. The van der Waals surface area contributed by atoms with Gasteiger partial charge in [0.25, 0.3) is 0 Å². The summed E-state index contributed by atoms with van der Waals surface area (Å²) in [6, 6.07) is 4.59. The minimum absolute atomic E-state index is 0.270. The van der Waals surface area contributed by atoms with Gasteiger partial charge in [-0.15, -0.1) is 11.3 Å². The Morgan fingerprint density at radius 2 is 1.68 bits per heavy atom. The van der Waals surface area contributed by atoms with Crippen molar-refractivity contribution in [2.45, 2.75) is 71.5 Å². The molecule has 0 aliphatic heterocycles. The summed E-state index contributed by atoms with van der Waals surface area (Å²) in [5.41, 5.74) is 0.699. The van der Waals surface area contributed by atoms with Crippen molar-refractivity contribution in [3.63, 3.8) is 0 Å². The van der Waals surface area contributed by atoms with Gasteiger partial charge in [0.15, 0.2) is 0 Å². The van der Waals surface area contributed by atoms with Crippen LogP contribution in [0.3, 0.4) is 0 Å². The molecule has 19 heavy (non-hydrogen) atoms. The monoisotopic (exact) mass is 344 g/mol. The third-order valence-corrected chi connectivity index (χ3v) is 6.04. The second-order valence-electron chi connectivity index (χ2n) is 8.03. The maximum absolute atomic E-state index is 3.88. The largest absolute Gasteiger partial charge is 0.144 e. The second kappa shape index (κ2) is 6.30. The van der Waals surface area contributed by atoms with Gasteiger partial charge in [0.1, 0.15) is 0 Å². The third kappa shape index (κ3) is 5.99. The van der Waals surface area contributed by atoms with E-state index in [1.54, 1.807) is 0 Å². The first-order valence-corrected chi connectivity index (χ1v) is 8.96. The van der Waals surface area contributed by atoms with Crippen LogP contribution in [0.1, 0.15) is 75.9 Å². The second-order valence-corrected chi connectivity index (χ2v) is 10.2.